The Morgan fingerprint density at radius 2 is 1.69 bits per heavy atom. The van der Waals surface area contributed by atoms with Crippen LogP contribution in [0.25, 0.3) is 0 Å². The molecule has 0 radical (unpaired) electrons. The summed E-state index contributed by atoms with van der Waals surface area (Å²) >= 11 is 4.84. The van der Waals surface area contributed by atoms with Crippen LogP contribution in [0.15, 0.2) is 82.2 Å². The highest BCUT2D eigenvalue weighted by Gasteiger charge is 2.34. The van der Waals surface area contributed by atoms with Gasteiger partial charge in [0.1, 0.15) is 11.1 Å². The van der Waals surface area contributed by atoms with Crippen LogP contribution in [0.2, 0.25) is 0 Å². The van der Waals surface area contributed by atoms with Crippen molar-refractivity contribution in [1.29, 1.82) is 0 Å². The van der Waals surface area contributed by atoms with Gasteiger partial charge in [0.2, 0.25) is 5.91 Å². The molecule has 1 fully saturated rings. The predicted octanol–water partition coefficient (Wildman–Crippen LogP) is 5.43. The molecule has 1 aliphatic rings. The van der Waals surface area contributed by atoms with Gasteiger partial charge in [-0.05, 0) is 73.2 Å². The number of sulfonamides is 1. The number of nitrogens with one attached hydrogen (secondary N) is 1. The number of hydrogen-bond donors (Lipinski definition) is 1. The van der Waals surface area contributed by atoms with Crippen molar-refractivity contribution in [1.82, 2.24) is 0 Å². The predicted molar refractivity (Wildman–Crippen MR) is 132 cm³/mol. The monoisotopic (exact) mass is 532 g/mol. The Labute approximate surface area is 200 Å². The highest BCUT2D eigenvalue weighted by atomic mass is 79.9. The van der Waals surface area contributed by atoms with E-state index in [1.165, 1.54) is 12.1 Å². The van der Waals surface area contributed by atoms with Gasteiger partial charge in [0.15, 0.2) is 0 Å². The first kappa shape index (κ1) is 22.7. The Hall–Kier alpha value is -2.49. The number of carbonyl (C=O) groups excluding carboxylic acids is 1. The quantitative estimate of drug-likeness (QED) is 0.439. The summed E-state index contributed by atoms with van der Waals surface area (Å²) in [5.41, 5.74) is 2.17. The van der Waals surface area contributed by atoms with Crippen LogP contribution in [-0.2, 0) is 14.8 Å². The van der Waals surface area contributed by atoms with Gasteiger partial charge in [0, 0.05) is 15.8 Å². The van der Waals surface area contributed by atoms with Gasteiger partial charge in [-0.3, -0.25) is 14.4 Å². The van der Waals surface area contributed by atoms with E-state index in [0.717, 1.165) is 21.5 Å². The van der Waals surface area contributed by atoms with E-state index in [1.807, 2.05) is 43.3 Å². The van der Waals surface area contributed by atoms with Crippen molar-refractivity contribution >= 4 is 55.0 Å². The lowest BCUT2D eigenvalue weighted by atomic mass is 10.1. The van der Waals surface area contributed by atoms with E-state index in [-0.39, 0.29) is 16.2 Å². The van der Waals surface area contributed by atoms with Crippen LogP contribution in [0, 0.1) is 0 Å². The standard InChI is InChI=1S/C23H21BrN2O4S2/c1-2-30-20-11-9-19(10-12-20)26-22(27)15-31-23(26)16-3-7-18(8-4-16)25-32(28,29)21-13-5-17(24)6-14-21/h3-14,23,25H,2,15H2,1H3. The van der Waals surface area contributed by atoms with E-state index in [4.69, 9.17) is 4.74 Å². The minimum atomic E-state index is -3.69. The van der Waals surface area contributed by atoms with Gasteiger partial charge < -0.3 is 4.74 Å². The molecule has 0 saturated carbocycles. The van der Waals surface area contributed by atoms with Gasteiger partial charge in [0.25, 0.3) is 10.0 Å². The molecule has 1 unspecified atom stereocenters. The number of amides is 1. The molecule has 6 nitrogen and oxygen atoms in total. The fraction of sp³-hybridized carbons (Fsp3) is 0.174. The zero-order valence-corrected chi connectivity index (χ0v) is 20.4. The molecule has 9 heteroatoms. The van der Waals surface area contributed by atoms with E-state index in [1.54, 1.807) is 40.9 Å². The average molecular weight is 533 g/mol. The maximum atomic E-state index is 12.6. The summed E-state index contributed by atoms with van der Waals surface area (Å²) in [4.78, 5) is 14.5. The molecule has 4 rings (SSSR count). The summed E-state index contributed by atoms with van der Waals surface area (Å²) in [6.07, 6.45) is 0. The number of halogens is 1. The number of anilines is 2. The first-order valence-corrected chi connectivity index (χ1v) is 13.2. The van der Waals surface area contributed by atoms with E-state index in [0.29, 0.717) is 18.0 Å². The Morgan fingerprint density at radius 3 is 2.31 bits per heavy atom. The summed E-state index contributed by atoms with van der Waals surface area (Å²) in [6.45, 7) is 2.51. The molecule has 1 saturated heterocycles. The Bertz CT molecular complexity index is 1200. The molecule has 166 valence electrons. The Kier molecular flexibility index (Phi) is 6.78. The minimum Gasteiger partial charge on any atom is -0.494 e. The van der Waals surface area contributed by atoms with Gasteiger partial charge in [0.05, 0.1) is 17.3 Å². The molecule has 32 heavy (non-hydrogen) atoms. The van der Waals surface area contributed by atoms with Crippen molar-refractivity contribution < 1.29 is 17.9 Å². The van der Waals surface area contributed by atoms with Crippen molar-refractivity contribution in [2.24, 2.45) is 0 Å². The number of hydrogen-bond acceptors (Lipinski definition) is 5. The fourth-order valence-corrected chi connectivity index (χ4v) is 5.86. The van der Waals surface area contributed by atoms with Crippen LogP contribution < -0.4 is 14.4 Å². The summed E-state index contributed by atoms with van der Waals surface area (Å²) in [5.74, 6) is 1.18. The third-order valence-electron chi connectivity index (χ3n) is 4.87. The molecule has 1 N–H and O–H groups in total. The second-order valence-electron chi connectivity index (χ2n) is 7.04. The average Bonchev–Trinajstić information content (AvgIpc) is 3.16. The molecule has 1 atom stereocenters. The van der Waals surface area contributed by atoms with Crippen LogP contribution in [-0.4, -0.2) is 26.7 Å². The van der Waals surface area contributed by atoms with Gasteiger partial charge in [-0.15, -0.1) is 11.8 Å². The van der Waals surface area contributed by atoms with Crippen LogP contribution in [0.3, 0.4) is 0 Å². The summed E-state index contributed by atoms with van der Waals surface area (Å²) in [7, 11) is -3.69. The van der Waals surface area contributed by atoms with Gasteiger partial charge in [-0.25, -0.2) is 8.42 Å². The lowest BCUT2D eigenvalue weighted by Gasteiger charge is -2.24. The second kappa shape index (κ2) is 9.56. The molecule has 1 heterocycles. The lowest BCUT2D eigenvalue weighted by Crippen LogP contribution is -2.27. The molecular weight excluding hydrogens is 512 g/mol. The molecule has 0 spiro atoms. The Balaban J connectivity index is 1.52. The summed E-state index contributed by atoms with van der Waals surface area (Å²) in [5, 5.41) is -0.183. The van der Waals surface area contributed by atoms with Crippen LogP contribution in [0.4, 0.5) is 11.4 Å². The number of rotatable bonds is 7. The van der Waals surface area contributed by atoms with Crippen molar-refractivity contribution in [2.75, 3.05) is 22.0 Å². The van der Waals surface area contributed by atoms with Crippen molar-refractivity contribution in [3.63, 3.8) is 0 Å². The topological polar surface area (TPSA) is 75.7 Å². The molecule has 3 aromatic carbocycles. The van der Waals surface area contributed by atoms with Crippen molar-refractivity contribution in [2.45, 2.75) is 17.2 Å². The molecule has 1 amide bonds. The normalized spacial score (nSPS) is 16.2. The van der Waals surface area contributed by atoms with Crippen LogP contribution in [0.1, 0.15) is 17.9 Å². The first-order valence-electron chi connectivity index (χ1n) is 9.92. The maximum Gasteiger partial charge on any atom is 0.261 e. The first-order chi connectivity index (χ1) is 15.4. The lowest BCUT2D eigenvalue weighted by molar-refractivity contribution is -0.115. The zero-order valence-electron chi connectivity index (χ0n) is 17.2. The van der Waals surface area contributed by atoms with E-state index in [2.05, 4.69) is 20.7 Å². The molecule has 0 bridgehead atoms. The van der Waals surface area contributed by atoms with Crippen LogP contribution in [0.5, 0.6) is 5.75 Å². The minimum absolute atomic E-state index is 0.0316. The SMILES string of the molecule is CCOc1ccc(N2C(=O)CSC2c2ccc(NS(=O)(=O)c3ccc(Br)cc3)cc2)cc1. The summed E-state index contributed by atoms with van der Waals surface area (Å²) < 4.78 is 34.1. The van der Waals surface area contributed by atoms with Crippen molar-refractivity contribution in [3.05, 3.63) is 82.8 Å². The molecule has 3 aromatic rings. The second-order valence-corrected chi connectivity index (χ2v) is 10.7. The molecule has 0 aromatic heterocycles. The Morgan fingerprint density at radius 1 is 1.03 bits per heavy atom. The molecule has 1 aliphatic heterocycles. The smallest absolute Gasteiger partial charge is 0.261 e. The number of carbonyl (C=O) groups is 1. The van der Waals surface area contributed by atoms with Gasteiger partial charge in [-0.2, -0.15) is 0 Å². The maximum absolute atomic E-state index is 12.6. The summed E-state index contributed by atoms with van der Waals surface area (Å²) in [6, 6.07) is 21.0. The molecule has 0 aliphatic carbocycles. The van der Waals surface area contributed by atoms with E-state index >= 15 is 0 Å². The number of thioether (sulfide) groups is 1. The number of ether oxygens (including phenoxy) is 1. The largest absolute Gasteiger partial charge is 0.494 e. The third kappa shape index (κ3) is 4.95. The van der Waals surface area contributed by atoms with E-state index in [9.17, 15) is 13.2 Å². The highest BCUT2D eigenvalue weighted by Crippen LogP contribution is 2.42. The zero-order chi connectivity index (χ0) is 22.7. The third-order valence-corrected chi connectivity index (χ3v) is 8.00. The highest BCUT2D eigenvalue weighted by molar-refractivity contribution is 9.10. The van der Waals surface area contributed by atoms with Gasteiger partial charge >= 0.3 is 0 Å². The molecular formula is C23H21BrN2O4S2. The number of benzene rings is 3. The van der Waals surface area contributed by atoms with Gasteiger partial charge in [-0.1, -0.05) is 28.1 Å². The van der Waals surface area contributed by atoms with E-state index < -0.39 is 10.0 Å². The van der Waals surface area contributed by atoms with Crippen molar-refractivity contribution in [3.8, 4) is 5.75 Å². The fourth-order valence-electron chi connectivity index (χ4n) is 3.36. The number of nitrogens with zero attached hydrogens (tertiary/aromatic N) is 1. The van der Waals surface area contributed by atoms with Crippen LogP contribution >= 0.6 is 27.7 Å².